The lowest BCUT2D eigenvalue weighted by atomic mass is 10.1. The van der Waals surface area contributed by atoms with Crippen molar-refractivity contribution < 1.29 is 5.11 Å². The summed E-state index contributed by atoms with van der Waals surface area (Å²) < 4.78 is 0. The van der Waals surface area contributed by atoms with Gasteiger partial charge in [0.05, 0.1) is 6.10 Å². The maximum absolute atomic E-state index is 9.28. The van der Waals surface area contributed by atoms with Crippen LogP contribution >= 0.6 is 15.9 Å². The molecule has 76 valence electrons. The third-order valence-electron chi connectivity index (χ3n) is 1.81. The summed E-state index contributed by atoms with van der Waals surface area (Å²) in [6, 6.07) is 0. The minimum absolute atomic E-state index is 0.346. The highest BCUT2D eigenvalue weighted by atomic mass is 79.9. The molecule has 0 fully saturated rings. The van der Waals surface area contributed by atoms with Crippen LogP contribution in [0.5, 0.6) is 0 Å². The quantitative estimate of drug-likeness (QED) is 0.536. The Kier molecular flexibility index (Phi) is 9.94. The Bertz CT molecular complexity index is 152. The molecule has 0 aliphatic rings. The number of hydrogen-bond donors (Lipinski definition) is 1. The zero-order valence-corrected chi connectivity index (χ0v) is 9.83. The second kappa shape index (κ2) is 10.0. The third kappa shape index (κ3) is 9.84. The van der Waals surface area contributed by atoms with Gasteiger partial charge in [0.25, 0.3) is 0 Å². The molecule has 0 amide bonds. The van der Waals surface area contributed by atoms with Crippen LogP contribution in [0.2, 0.25) is 0 Å². The Hall–Kier alpha value is -0.0800. The molecule has 0 spiro atoms. The van der Waals surface area contributed by atoms with Crippen LogP contribution < -0.4 is 0 Å². The van der Waals surface area contributed by atoms with E-state index in [1.165, 1.54) is 19.3 Å². The smallest absolute Gasteiger partial charge is 0.0763 e. The molecule has 0 aromatic carbocycles. The van der Waals surface area contributed by atoms with Crippen LogP contribution in [0.1, 0.15) is 39.0 Å². The molecule has 1 unspecified atom stereocenters. The predicted molar refractivity (Wildman–Crippen MR) is 62.0 cm³/mol. The number of allylic oxidation sites excluding steroid dienone is 1. The minimum atomic E-state index is -0.346. The molecule has 1 atom stereocenters. The van der Waals surface area contributed by atoms with Crippen LogP contribution in [0.4, 0.5) is 0 Å². The van der Waals surface area contributed by atoms with Crippen molar-refractivity contribution in [3.8, 4) is 0 Å². The fraction of sp³-hybridized carbons (Fsp3) is 0.636. The lowest BCUT2D eigenvalue weighted by molar-refractivity contribution is 0.227. The molecule has 0 aliphatic carbocycles. The van der Waals surface area contributed by atoms with Gasteiger partial charge in [0.1, 0.15) is 0 Å². The molecule has 13 heavy (non-hydrogen) atoms. The molecule has 0 aromatic heterocycles. The summed E-state index contributed by atoms with van der Waals surface area (Å²) in [5.74, 6) is 0. The Morgan fingerprint density at radius 3 is 2.69 bits per heavy atom. The van der Waals surface area contributed by atoms with Gasteiger partial charge in [-0.3, -0.25) is 0 Å². The van der Waals surface area contributed by atoms with E-state index < -0.39 is 0 Å². The highest BCUT2D eigenvalue weighted by Gasteiger charge is 1.92. The van der Waals surface area contributed by atoms with Crippen molar-refractivity contribution in [3.05, 3.63) is 23.2 Å². The number of halogens is 1. The first-order valence-corrected chi connectivity index (χ1v) is 5.82. The highest BCUT2D eigenvalue weighted by Crippen LogP contribution is 2.02. The van der Waals surface area contributed by atoms with Crippen molar-refractivity contribution in [1.29, 1.82) is 0 Å². The van der Waals surface area contributed by atoms with Crippen molar-refractivity contribution in [2.45, 2.75) is 45.1 Å². The van der Waals surface area contributed by atoms with Crippen LogP contribution in [0.25, 0.3) is 0 Å². The summed E-state index contributed by atoms with van der Waals surface area (Å²) in [6.45, 7) is 2.20. The fourth-order valence-corrected chi connectivity index (χ4v) is 1.38. The highest BCUT2D eigenvalue weighted by molar-refractivity contribution is 9.11. The number of unbranched alkanes of at least 4 members (excludes halogenated alkanes) is 3. The van der Waals surface area contributed by atoms with Gasteiger partial charge in [0.15, 0.2) is 0 Å². The average Bonchev–Trinajstić information content (AvgIpc) is 2.11. The molecule has 0 saturated carbocycles. The zero-order chi connectivity index (χ0) is 9.94. The van der Waals surface area contributed by atoms with Crippen molar-refractivity contribution in [2.75, 3.05) is 0 Å². The first-order valence-electron chi connectivity index (χ1n) is 4.91. The minimum Gasteiger partial charge on any atom is -0.389 e. The van der Waals surface area contributed by atoms with E-state index in [4.69, 9.17) is 0 Å². The Balaban J connectivity index is 3.30. The molecule has 1 N–H and O–H groups in total. The van der Waals surface area contributed by atoms with E-state index in [9.17, 15) is 5.11 Å². The molecule has 0 aliphatic heterocycles. The zero-order valence-electron chi connectivity index (χ0n) is 8.25. The fourth-order valence-electron chi connectivity index (χ4n) is 1.03. The standard InChI is InChI=1S/C11H19BrO/c1-2-3-4-5-6-7-8-11(13)9-10-12/h6-7,9-11,13H,2-5,8H2,1H3/b7-6-,10-9+. The van der Waals surface area contributed by atoms with E-state index in [1.54, 1.807) is 11.1 Å². The summed E-state index contributed by atoms with van der Waals surface area (Å²) >= 11 is 3.13. The lowest BCUT2D eigenvalue weighted by Gasteiger charge is -1.98. The molecule has 0 saturated heterocycles. The van der Waals surface area contributed by atoms with Crippen LogP contribution in [0, 0.1) is 0 Å². The van der Waals surface area contributed by atoms with Crippen molar-refractivity contribution >= 4 is 15.9 Å². The van der Waals surface area contributed by atoms with Gasteiger partial charge in [-0.2, -0.15) is 0 Å². The molecule has 0 rings (SSSR count). The van der Waals surface area contributed by atoms with Crippen LogP contribution in [0.3, 0.4) is 0 Å². The van der Waals surface area contributed by atoms with Crippen LogP contribution in [-0.2, 0) is 0 Å². The number of aliphatic hydroxyl groups excluding tert-OH is 1. The van der Waals surface area contributed by atoms with Gasteiger partial charge in [0.2, 0.25) is 0 Å². The van der Waals surface area contributed by atoms with Crippen molar-refractivity contribution in [2.24, 2.45) is 0 Å². The maximum Gasteiger partial charge on any atom is 0.0763 e. The van der Waals surface area contributed by atoms with Gasteiger partial charge in [-0.1, -0.05) is 47.8 Å². The van der Waals surface area contributed by atoms with E-state index in [0.29, 0.717) is 6.42 Å². The third-order valence-corrected chi connectivity index (χ3v) is 2.12. The molecule has 0 aromatic rings. The summed E-state index contributed by atoms with van der Waals surface area (Å²) in [5, 5.41) is 9.28. The first-order chi connectivity index (χ1) is 6.31. The Morgan fingerprint density at radius 1 is 1.31 bits per heavy atom. The molecule has 1 nitrogen and oxygen atoms in total. The van der Waals surface area contributed by atoms with E-state index in [0.717, 1.165) is 6.42 Å². The lowest BCUT2D eigenvalue weighted by Crippen LogP contribution is -1.98. The molecular formula is C11H19BrO. The monoisotopic (exact) mass is 246 g/mol. The maximum atomic E-state index is 9.28. The van der Waals surface area contributed by atoms with Gasteiger partial charge < -0.3 is 5.11 Å². The molecule has 2 heteroatoms. The van der Waals surface area contributed by atoms with Gasteiger partial charge in [0, 0.05) is 0 Å². The number of hydrogen-bond acceptors (Lipinski definition) is 1. The van der Waals surface area contributed by atoms with Crippen molar-refractivity contribution in [3.63, 3.8) is 0 Å². The molecule has 0 heterocycles. The second-order valence-corrected chi connectivity index (χ2v) is 3.62. The normalized spacial score (nSPS) is 14.4. The first kappa shape index (κ1) is 12.9. The molecule has 0 bridgehead atoms. The Morgan fingerprint density at radius 2 is 2.08 bits per heavy atom. The van der Waals surface area contributed by atoms with E-state index >= 15 is 0 Å². The topological polar surface area (TPSA) is 20.2 Å². The predicted octanol–water partition coefficient (Wildman–Crippen LogP) is 3.78. The molecular weight excluding hydrogens is 228 g/mol. The average molecular weight is 247 g/mol. The van der Waals surface area contributed by atoms with Crippen LogP contribution in [-0.4, -0.2) is 11.2 Å². The second-order valence-electron chi connectivity index (χ2n) is 3.09. The van der Waals surface area contributed by atoms with Crippen molar-refractivity contribution in [1.82, 2.24) is 0 Å². The largest absolute Gasteiger partial charge is 0.389 e. The summed E-state index contributed by atoms with van der Waals surface area (Å²) in [4.78, 5) is 1.70. The van der Waals surface area contributed by atoms with E-state index in [2.05, 4.69) is 28.9 Å². The van der Waals surface area contributed by atoms with E-state index in [1.807, 2.05) is 6.08 Å². The van der Waals surface area contributed by atoms with Gasteiger partial charge >= 0.3 is 0 Å². The molecule has 0 radical (unpaired) electrons. The summed E-state index contributed by atoms with van der Waals surface area (Å²) in [6.07, 6.45) is 11.3. The van der Waals surface area contributed by atoms with Crippen LogP contribution in [0.15, 0.2) is 23.2 Å². The van der Waals surface area contributed by atoms with Gasteiger partial charge in [-0.15, -0.1) is 0 Å². The summed E-state index contributed by atoms with van der Waals surface area (Å²) in [7, 11) is 0. The number of aliphatic hydroxyl groups is 1. The van der Waals surface area contributed by atoms with E-state index in [-0.39, 0.29) is 6.10 Å². The van der Waals surface area contributed by atoms with Gasteiger partial charge in [-0.25, -0.2) is 0 Å². The summed E-state index contributed by atoms with van der Waals surface area (Å²) in [5.41, 5.74) is 0. The number of rotatable bonds is 7. The SMILES string of the molecule is CCCCC/C=C\CC(O)/C=C/Br. The Labute approximate surface area is 89.7 Å². The van der Waals surface area contributed by atoms with Gasteiger partial charge in [-0.05, 0) is 30.3 Å².